The molecule has 1 saturated heterocycles. The summed E-state index contributed by atoms with van der Waals surface area (Å²) in [6.07, 6.45) is 0.168. The molecule has 2 nitrogen and oxygen atoms in total. The maximum absolute atomic E-state index is 4.82. The quantitative estimate of drug-likeness (QED) is 0.547. The minimum absolute atomic E-state index is 0.168. The van der Waals surface area contributed by atoms with Crippen LogP contribution in [0.3, 0.4) is 0 Å². The van der Waals surface area contributed by atoms with Gasteiger partial charge >= 0.3 is 0 Å². The van der Waals surface area contributed by atoms with Gasteiger partial charge in [0, 0.05) is 0 Å². The molecule has 1 fully saturated rings. The Morgan fingerprint density at radius 3 is 2.40 bits per heavy atom. The van der Waals surface area contributed by atoms with Gasteiger partial charge in [-0.2, -0.15) is 0 Å². The van der Waals surface area contributed by atoms with Gasteiger partial charge in [-0.25, -0.2) is 9.78 Å². The summed E-state index contributed by atoms with van der Waals surface area (Å²) in [5.41, 5.74) is 1.19. The summed E-state index contributed by atoms with van der Waals surface area (Å²) >= 11 is 0. The zero-order chi connectivity index (χ0) is 6.81. The molecule has 0 bridgehead atoms. The molecule has 0 radical (unpaired) electrons. The van der Waals surface area contributed by atoms with E-state index >= 15 is 0 Å². The van der Waals surface area contributed by atoms with Crippen LogP contribution in [0, 0.1) is 0 Å². The van der Waals surface area contributed by atoms with E-state index in [1.165, 1.54) is 5.56 Å². The predicted molar refractivity (Wildman–Crippen MR) is 36.2 cm³/mol. The van der Waals surface area contributed by atoms with Gasteiger partial charge in [-0.1, -0.05) is 30.3 Å². The first-order chi connectivity index (χ1) is 4.97. The maximum Gasteiger partial charge on any atom is 0.144 e. The van der Waals surface area contributed by atoms with Crippen LogP contribution in [0.1, 0.15) is 11.7 Å². The fourth-order valence-corrected chi connectivity index (χ4v) is 0.956. The molecule has 1 aromatic carbocycles. The highest BCUT2D eigenvalue weighted by atomic mass is 17.2. The van der Waals surface area contributed by atoms with Crippen LogP contribution in [0.2, 0.25) is 0 Å². The summed E-state index contributed by atoms with van der Waals surface area (Å²) in [5.74, 6) is 0. The lowest BCUT2D eigenvalue weighted by Gasteiger charge is -2.24. The third-order valence-corrected chi connectivity index (χ3v) is 1.57. The van der Waals surface area contributed by atoms with Crippen molar-refractivity contribution in [2.45, 2.75) is 6.10 Å². The highest BCUT2D eigenvalue weighted by Crippen LogP contribution is 2.24. The lowest BCUT2D eigenvalue weighted by molar-refractivity contribution is -0.429. The van der Waals surface area contributed by atoms with Crippen LogP contribution in [0.5, 0.6) is 0 Å². The second kappa shape index (κ2) is 2.40. The summed E-state index contributed by atoms with van der Waals surface area (Å²) in [7, 11) is 0. The average molecular weight is 136 g/mol. The molecule has 0 spiro atoms. The van der Waals surface area contributed by atoms with Crippen molar-refractivity contribution in [3.63, 3.8) is 0 Å². The van der Waals surface area contributed by atoms with E-state index in [0.29, 0.717) is 6.61 Å². The summed E-state index contributed by atoms with van der Waals surface area (Å²) in [6, 6.07) is 10.1. The molecule has 0 amide bonds. The minimum Gasteiger partial charge on any atom is -0.233 e. The highest BCUT2D eigenvalue weighted by molar-refractivity contribution is 5.17. The van der Waals surface area contributed by atoms with Gasteiger partial charge in [0.05, 0.1) is 0 Å². The van der Waals surface area contributed by atoms with Crippen LogP contribution >= 0.6 is 0 Å². The van der Waals surface area contributed by atoms with Gasteiger partial charge in [0.15, 0.2) is 0 Å². The molecule has 0 saturated carbocycles. The molecular formula is C8H8O2. The Morgan fingerprint density at radius 1 is 1.20 bits per heavy atom. The van der Waals surface area contributed by atoms with Gasteiger partial charge in [0.1, 0.15) is 12.7 Å². The summed E-state index contributed by atoms with van der Waals surface area (Å²) in [4.78, 5) is 9.41. The average Bonchev–Trinajstić information content (AvgIpc) is 1.86. The summed E-state index contributed by atoms with van der Waals surface area (Å²) < 4.78 is 0. The SMILES string of the molecule is c1ccc(C2COO2)cc1. The van der Waals surface area contributed by atoms with Crippen molar-refractivity contribution in [3.8, 4) is 0 Å². The normalized spacial score (nSPS) is 23.8. The Kier molecular flexibility index (Phi) is 1.42. The van der Waals surface area contributed by atoms with E-state index in [2.05, 4.69) is 4.89 Å². The lowest BCUT2D eigenvalue weighted by atomic mass is 10.1. The summed E-state index contributed by atoms with van der Waals surface area (Å²) in [5, 5.41) is 0. The van der Waals surface area contributed by atoms with E-state index in [1.54, 1.807) is 0 Å². The second-order valence-corrected chi connectivity index (χ2v) is 2.28. The molecule has 0 aliphatic carbocycles. The van der Waals surface area contributed by atoms with E-state index in [4.69, 9.17) is 4.89 Å². The first kappa shape index (κ1) is 5.89. The van der Waals surface area contributed by atoms with Crippen molar-refractivity contribution in [2.24, 2.45) is 0 Å². The molecule has 1 unspecified atom stereocenters. The monoisotopic (exact) mass is 136 g/mol. The van der Waals surface area contributed by atoms with Crippen LogP contribution in [0.4, 0.5) is 0 Å². The maximum atomic E-state index is 4.82. The molecular weight excluding hydrogens is 128 g/mol. The van der Waals surface area contributed by atoms with Crippen molar-refractivity contribution >= 4 is 0 Å². The molecule has 1 aliphatic rings. The number of hydrogen-bond acceptors (Lipinski definition) is 2. The largest absolute Gasteiger partial charge is 0.233 e. The fraction of sp³-hybridized carbons (Fsp3) is 0.250. The van der Waals surface area contributed by atoms with Gasteiger partial charge < -0.3 is 0 Å². The summed E-state index contributed by atoms with van der Waals surface area (Å²) in [6.45, 7) is 0.685. The van der Waals surface area contributed by atoms with Gasteiger partial charge in [-0.3, -0.25) is 0 Å². The third-order valence-electron chi connectivity index (χ3n) is 1.57. The van der Waals surface area contributed by atoms with Gasteiger partial charge in [0.25, 0.3) is 0 Å². The molecule has 2 rings (SSSR count). The van der Waals surface area contributed by atoms with Crippen molar-refractivity contribution in [1.29, 1.82) is 0 Å². The van der Waals surface area contributed by atoms with Gasteiger partial charge in [-0.15, -0.1) is 0 Å². The van der Waals surface area contributed by atoms with Gasteiger partial charge in [0.2, 0.25) is 0 Å². The number of benzene rings is 1. The Bertz CT molecular complexity index is 204. The van der Waals surface area contributed by atoms with Crippen molar-refractivity contribution in [1.82, 2.24) is 0 Å². The molecule has 2 heteroatoms. The van der Waals surface area contributed by atoms with Crippen LogP contribution in [0.25, 0.3) is 0 Å². The van der Waals surface area contributed by atoms with E-state index < -0.39 is 0 Å². The van der Waals surface area contributed by atoms with E-state index in [9.17, 15) is 0 Å². The molecule has 1 aromatic rings. The Morgan fingerprint density at radius 2 is 1.90 bits per heavy atom. The molecule has 52 valence electrons. The minimum atomic E-state index is 0.168. The van der Waals surface area contributed by atoms with Crippen LogP contribution in [0.15, 0.2) is 30.3 Å². The Labute approximate surface area is 59.3 Å². The third kappa shape index (κ3) is 0.916. The van der Waals surface area contributed by atoms with Crippen molar-refractivity contribution in [3.05, 3.63) is 35.9 Å². The van der Waals surface area contributed by atoms with Crippen molar-refractivity contribution in [2.75, 3.05) is 6.61 Å². The first-order valence-corrected chi connectivity index (χ1v) is 3.30. The van der Waals surface area contributed by atoms with Crippen LogP contribution in [-0.4, -0.2) is 6.61 Å². The standard InChI is InChI=1S/C8H8O2/c1-2-4-7(5-3-1)8-6-9-10-8/h1-5,8H,6H2. The van der Waals surface area contributed by atoms with E-state index in [0.717, 1.165) is 0 Å². The molecule has 1 aliphatic heterocycles. The van der Waals surface area contributed by atoms with Crippen LogP contribution < -0.4 is 0 Å². The predicted octanol–water partition coefficient (Wildman–Crippen LogP) is 1.69. The van der Waals surface area contributed by atoms with Gasteiger partial charge in [-0.05, 0) is 5.56 Å². The molecule has 1 atom stereocenters. The molecule has 1 heterocycles. The number of rotatable bonds is 1. The van der Waals surface area contributed by atoms with E-state index in [1.807, 2.05) is 30.3 Å². The Balaban J connectivity index is 2.18. The zero-order valence-electron chi connectivity index (χ0n) is 5.49. The smallest absolute Gasteiger partial charge is 0.144 e. The molecule has 10 heavy (non-hydrogen) atoms. The molecule has 0 aromatic heterocycles. The second-order valence-electron chi connectivity index (χ2n) is 2.28. The number of hydrogen-bond donors (Lipinski definition) is 0. The van der Waals surface area contributed by atoms with Crippen molar-refractivity contribution < 1.29 is 9.78 Å². The lowest BCUT2D eigenvalue weighted by Crippen LogP contribution is -2.22. The topological polar surface area (TPSA) is 18.5 Å². The Hall–Kier alpha value is -0.860. The highest BCUT2D eigenvalue weighted by Gasteiger charge is 2.21. The molecule has 0 N–H and O–H groups in total. The zero-order valence-corrected chi connectivity index (χ0v) is 5.49. The first-order valence-electron chi connectivity index (χ1n) is 3.30. The fourth-order valence-electron chi connectivity index (χ4n) is 0.956. The van der Waals surface area contributed by atoms with E-state index in [-0.39, 0.29) is 6.10 Å². The van der Waals surface area contributed by atoms with Crippen LogP contribution in [-0.2, 0) is 9.78 Å².